The fourth-order valence-electron chi connectivity index (χ4n) is 2.66. The van der Waals surface area contributed by atoms with Gasteiger partial charge in [0.15, 0.2) is 0 Å². The lowest BCUT2D eigenvalue weighted by atomic mass is 9.82. The Labute approximate surface area is 115 Å². The number of benzene rings is 1. The molecule has 0 aromatic heterocycles. The van der Waals surface area contributed by atoms with Crippen LogP contribution in [-0.4, -0.2) is 16.3 Å². The molecular formula is C14H18BrFO2. The maximum absolute atomic E-state index is 13.7. The minimum Gasteiger partial charge on any atom is -0.390 e. The molecule has 2 N–H and O–H groups in total. The van der Waals surface area contributed by atoms with Crippen molar-refractivity contribution in [1.82, 2.24) is 0 Å². The van der Waals surface area contributed by atoms with E-state index in [0.717, 1.165) is 25.7 Å². The maximum Gasteiger partial charge on any atom is 0.129 e. The zero-order valence-electron chi connectivity index (χ0n) is 10.1. The van der Waals surface area contributed by atoms with Crippen LogP contribution in [0.3, 0.4) is 0 Å². The summed E-state index contributed by atoms with van der Waals surface area (Å²) in [5.74, 6) is -0.396. The van der Waals surface area contributed by atoms with E-state index in [1.165, 1.54) is 18.6 Å². The number of hydrogen-bond acceptors (Lipinski definition) is 2. The van der Waals surface area contributed by atoms with Crippen molar-refractivity contribution in [1.29, 1.82) is 0 Å². The van der Waals surface area contributed by atoms with Gasteiger partial charge in [0.05, 0.1) is 6.10 Å². The number of hydrogen-bond donors (Lipinski definition) is 2. The smallest absolute Gasteiger partial charge is 0.129 e. The molecule has 100 valence electrons. The third-order valence-electron chi connectivity index (χ3n) is 3.73. The second kappa shape index (κ2) is 6.13. The van der Waals surface area contributed by atoms with Crippen LogP contribution in [0.15, 0.2) is 22.7 Å². The Morgan fingerprint density at radius 3 is 2.50 bits per heavy atom. The van der Waals surface area contributed by atoms with Gasteiger partial charge in [0.2, 0.25) is 0 Å². The van der Waals surface area contributed by atoms with Gasteiger partial charge >= 0.3 is 0 Å². The van der Waals surface area contributed by atoms with Crippen LogP contribution >= 0.6 is 15.9 Å². The van der Waals surface area contributed by atoms with Crippen LogP contribution in [0.4, 0.5) is 4.39 Å². The Morgan fingerprint density at radius 1 is 1.17 bits per heavy atom. The highest BCUT2D eigenvalue weighted by atomic mass is 79.9. The Kier molecular flexibility index (Phi) is 4.76. The second-order valence-corrected chi connectivity index (χ2v) is 5.92. The van der Waals surface area contributed by atoms with E-state index < -0.39 is 18.0 Å². The van der Waals surface area contributed by atoms with Crippen LogP contribution < -0.4 is 0 Å². The Balaban J connectivity index is 2.13. The molecule has 0 saturated heterocycles. The van der Waals surface area contributed by atoms with Crippen molar-refractivity contribution in [3.8, 4) is 0 Å². The predicted molar refractivity (Wildman–Crippen MR) is 71.6 cm³/mol. The van der Waals surface area contributed by atoms with Crippen LogP contribution in [0.1, 0.15) is 43.8 Å². The van der Waals surface area contributed by atoms with Gasteiger partial charge in [0.25, 0.3) is 0 Å². The third-order valence-corrected chi connectivity index (χ3v) is 4.23. The molecule has 0 bridgehead atoms. The summed E-state index contributed by atoms with van der Waals surface area (Å²) in [6.45, 7) is 0. The van der Waals surface area contributed by atoms with E-state index in [1.807, 2.05) is 0 Å². The Hall–Kier alpha value is -0.450. The molecule has 1 saturated carbocycles. The first-order valence-corrected chi connectivity index (χ1v) is 7.20. The SMILES string of the molecule is OC(c1cc(Br)ccc1F)C(O)C1CCCCC1. The van der Waals surface area contributed by atoms with Crippen molar-refractivity contribution < 1.29 is 14.6 Å². The molecule has 18 heavy (non-hydrogen) atoms. The van der Waals surface area contributed by atoms with Crippen LogP contribution in [0.5, 0.6) is 0 Å². The van der Waals surface area contributed by atoms with Crippen molar-refractivity contribution >= 4 is 15.9 Å². The highest BCUT2D eigenvalue weighted by Crippen LogP contribution is 2.33. The minimum absolute atomic E-state index is 0.0760. The average Bonchev–Trinajstić information content (AvgIpc) is 2.41. The zero-order chi connectivity index (χ0) is 13.1. The summed E-state index contributed by atoms with van der Waals surface area (Å²) in [4.78, 5) is 0. The summed E-state index contributed by atoms with van der Waals surface area (Å²) in [6, 6.07) is 4.42. The second-order valence-electron chi connectivity index (χ2n) is 5.00. The molecule has 1 fully saturated rings. The number of aliphatic hydroxyl groups excluding tert-OH is 2. The summed E-state index contributed by atoms with van der Waals surface area (Å²) >= 11 is 3.25. The van der Waals surface area contributed by atoms with E-state index in [0.29, 0.717) is 4.47 Å². The lowest BCUT2D eigenvalue weighted by Crippen LogP contribution is -2.29. The van der Waals surface area contributed by atoms with Crippen molar-refractivity contribution in [2.24, 2.45) is 5.92 Å². The van der Waals surface area contributed by atoms with Crippen molar-refractivity contribution in [3.63, 3.8) is 0 Å². The van der Waals surface area contributed by atoms with Crippen molar-refractivity contribution in [2.45, 2.75) is 44.3 Å². The third kappa shape index (κ3) is 3.11. The first-order chi connectivity index (χ1) is 8.59. The molecule has 2 unspecified atom stereocenters. The van der Waals surface area contributed by atoms with E-state index >= 15 is 0 Å². The van der Waals surface area contributed by atoms with Gasteiger partial charge in [-0.25, -0.2) is 4.39 Å². The van der Waals surface area contributed by atoms with Crippen LogP contribution in [0.2, 0.25) is 0 Å². The molecule has 0 heterocycles. The topological polar surface area (TPSA) is 40.5 Å². The van der Waals surface area contributed by atoms with Gasteiger partial charge in [-0.05, 0) is 37.0 Å². The molecule has 2 atom stereocenters. The summed E-state index contributed by atoms with van der Waals surface area (Å²) in [7, 11) is 0. The fourth-order valence-corrected chi connectivity index (χ4v) is 3.04. The van der Waals surface area contributed by atoms with Crippen LogP contribution in [0, 0.1) is 11.7 Å². The summed E-state index contributed by atoms with van der Waals surface area (Å²) in [6.07, 6.45) is 3.14. The van der Waals surface area contributed by atoms with E-state index in [9.17, 15) is 14.6 Å². The van der Waals surface area contributed by atoms with Gasteiger partial charge in [-0.3, -0.25) is 0 Å². The van der Waals surface area contributed by atoms with Gasteiger partial charge < -0.3 is 10.2 Å². The summed E-state index contributed by atoms with van der Waals surface area (Å²) in [5, 5.41) is 20.3. The number of halogens is 2. The Morgan fingerprint density at radius 2 is 1.83 bits per heavy atom. The molecule has 0 spiro atoms. The van der Waals surface area contributed by atoms with Gasteiger partial charge in [0.1, 0.15) is 11.9 Å². The average molecular weight is 317 g/mol. The molecule has 1 aliphatic rings. The van der Waals surface area contributed by atoms with Gasteiger partial charge in [0, 0.05) is 10.0 Å². The maximum atomic E-state index is 13.7. The molecule has 1 aromatic carbocycles. The first kappa shape index (κ1) is 14.0. The Bertz CT molecular complexity index is 405. The van der Waals surface area contributed by atoms with E-state index in [1.54, 1.807) is 6.07 Å². The standard InChI is InChI=1S/C14H18BrFO2/c15-10-6-7-12(16)11(8-10)14(18)13(17)9-4-2-1-3-5-9/h6-9,13-14,17-18H,1-5H2. The van der Waals surface area contributed by atoms with Gasteiger partial charge in [-0.2, -0.15) is 0 Å². The minimum atomic E-state index is -1.15. The van der Waals surface area contributed by atoms with Crippen LogP contribution in [-0.2, 0) is 0 Å². The predicted octanol–water partition coefficient (Wildman–Crippen LogP) is 3.56. The molecule has 4 heteroatoms. The molecule has 0 amide bonds. The van der Waals surface area contributed by atoms with Crippen molar-refractivity contribution in [2.75, 3.05) is 0 Å². The molecule has 2 rings (SSSR count). The molecule has 0 radical (unpaired) electrons. The molecule has 1 aliphatic carbocycles. The monoisotopic (exact) mass is 316 g/mol. The van der Waals surface area contributed by atoms with Gasteiger partial charge in [-0.1, -0.05) is 35.2 Å². The van der Waals surface area contributed by atoms with Gasteiger partial charge in [-0.15, -0.1) is 0 Å². The molecular weight excluding hydrogens is 299 g/mol. The lowest BCUT2D eigenvalue weighted by molar-refractivity contribution is -0.0301. The molecule has 0 aliphatic heterocycles. The largest absolute Gasteiger partial charge is 0.390 e. The molecule has 1 aromatic rings. The lowest BCUT2D eigenvalue weighted by Gasteiger charge is -2.30. The summed E-state index contributed by atoms with van der Waals surface area (Å²) in [5.41, 5.74) is 0.169. The summed E-state index contributed by atoms with van der Waals surface area (Å²) < 4.78 is 14.4. The first-order valence-electron chi connectivity index (χ1n) is 6.40. The number of aliphatic hydroxyl groups is 2. The quantitative estimate of drug-likeness (QED) is 0.895. The van der Waals surface area contributed by atoms with E-state index in [2.05, 4.69) is 15.9 Å². The van der Waals surface area contributed by atoms with Crippen LogP contribution in [0.25, 0.3) is 0 Å². The zero-order valence-corrected chi connectivity index (χ0v) is 11.7. The van der Waals surface area contributed by atoms with E-state index in [-0.39, 0.29) is 11.5 Å². The highest BCUT2D eigenvalue weighted by molar-refractivity contribution is 9.10. The van der Waals surface area contributed by atoms with Crippen molar-refractivity contribution in [3.05, 3.63) is 34.1 Å². The molecule has 2 nitrogen and oxygen atoms in total. The highest BCUT2D eigenvalue weighted by Gasteiger charge is 2.30. The fraction of sp³-hybridized carbons (Fsp3) is 0.571. The van der Waals surface area contributed by atoms with E-state index in [4.69, 9.17) is 0 Å². The number of rotatable bonds is 3. The normalized spacial score (nSPS) is 20.7.